The number of anilines is 1. The molecular formula is C26H26N2O3S. The molecule has 164 valence electrons. The van der Waals surface area contributed by atoms with Gasteiger partial charge in [0.25, 0.3) is 0 Å². The maximum Gasteiger partial charge on any atom is 0.118 e. The number of methoxy groups -OCH3 is 2. The Morgan fingerprint density at radius 2 is 1.47 bits per heavy atom. The molecule has 5 nitrogen and oxygen atoms in total. The van der Waals surface area contributed by atoms with Crippen molar-refractivity contribution in [3.8, 4) is 11.5 Å². The van der Waals surface area contributed by atoms with Crippen LogP contribution in [0.1, 0.15) is 24.0 Å². The summed E-state index contributed by atoms with van der Waals surface area (Å²) in [4.78, 5) is 1.20. The normalized spacial score (nSPS) is 20.4. The number of hydrazone groups is 1. The second-order valence-corrected chi connectivity index (χ2v) is 9.51. The first-order chi connectivity index (χ1) is 15.8. The van der Waals surface area contributed by atoms with Crippen LogP contribution >= 0.6 is 10.7 Å². The molecule has 0 aromatic heterocycles. The molecule has 0 saturated carbocycles. The summed E-state index contributed by atoms with van der Waals surface area (Å²) in [5.74, 6) is 1.67. The fraction of sp³-hybridized carbons (Fsp3) is 0.231. The number of para-hydroxylation sites is 1. The first-order valence-electron chi connectivity index (χ1n) is 10.7. The highest BCUT2D eigenvalue weighted by Crippen LogP contribution is 2.44. The predicted octanol–water partition coefficient (Wildman–Crippen LogP) is 5.47. The lowest BCUT2D eigenvalue weighted by Crippen LogP contribution is -2.19. The van der Waals surface area contributed by atoms with Crippen LogP contribution < -0.4 is 13.9 Å². The quantitative estimate of drug-likeness (QED) is 0.471. The molecule has 0 radical (unpaired) electrons. The average Bonchev–Trinajstić information content (AvgIpc) is 3.53. The first kappa shape index (κ1) is 20.8. The van der Waals surface area contributed by atoms with Gasteiger partial charge in [0, 0.05) is 12.2 Å². The minimum atomic E-state index is -0.374. The van der Waals surface area contributed by atoms with E-state index in [-0.39, 0.29) is 16.1 Å². The molecule has 0 aliphatic carbocycles. The minimum absolute atomic E-state index is 0.104. The number of ether oxygens (including phenoxy) is 3. The van der Waals surface area contributed by atoms with Crippen molar-refractivity contribution in [3.63, 3.8) is 0 Å². The molecular weight excluding hydrogens is 420 g/mol. The molecule has 1 fully saturated rings. The van der Waals surface area contributed by atoms with Gasteiger partial charge in [-0.3, -0.25) is 0 Å². The van der Waals surface area contributed by atoms with Gasteiger partial charge in [-0.15, -0.1) is 0 Å². The van der Waals surface area contributed by atoms with Crippen molar-refractivity contribution in [1.29, 1.82) is 0 Å². The third kappa shape index (κ3) is 3.92. The molecule has 6 heteroatoms. The van der Waals surface area contributed by atoms with Gasteiger partial charge in [0.1, 0.15) is 22.6 Å². The highest BCUT2D eigenvalue weighted by atomic mass is 32.2. The first-order valence-corrected chi connectivity index (χ1v) is 12.0. The van der Waals surface area contributed by atoms with E-state index in [0.29, 0.717) is 0 Å². The Morgan fingerprint density at radius 1 is 0.844 bits per heavy atom. The number of nitrogens with zero attached hydrogens (tertiary/aromatic N) is 2. The van der Waals surface area contributed by atoms with Crippen LogP contribution in [0, 0.1) is 0 Å². The van der Waals surface area contributed by atoms with Crippen molar-refractivity contribution in [2.75, 3.05) is 25.2 Å². The zero-order valence-electron chi connectivity index (χ0n) is 18.2. The summed E-state index contributed by atoms with van der Waals surface area (Å²) < 4.78 is 19.2. The van der Waals surface area contributed by atoms with Crippen molar-refractivity contribution < 1.29 is 14.2 Å². The topological polar surface area (TPSA) is 43.3 Å². The number of rotatable bonds is 6. The number of hydrogen-bond donors (Lipinski definition) is 0. The number of hydrogen-bond acceptors (Lipinski definition) is 5. The molecule has 2 atom stereocenters. The average molecular weight is 447 g/mol. The fourth-order valence-corrected chi connectivity index (χ4v) is 6.52. The third-order valence-corrected chi connectivity index (χ3v) is 8.01. The van der Waals surface area contributed by atoms with E-state index in [9.17, 15) is 0 Å². The van der Waals surface area contributed by atoms with Crippen LogP contribution in [0.25, 0.3) is 0 Å². The van der Waals surface area contributed by atoms with Crippen LogP contribution in [0.15, 0.2) is 84.0 Å². The summed E-state index contributed by atoms with van der Waals surface area (Å²) >= 11 is 0. The van der Waals surface area contributed by atoms with Crippen LogP contribution in [0.5, 0.6) is 11.5 Å². The summed E-state index contributed by atoms with van der Waals surface area (Å²) in [6.45, 7) is 0.796. The Morgan fingerprint density at radius 3 is 2.03 bits per heavy atom. The summed E-state index contributed by atoms with van der Waals surface area (Å²) in [5.41, 5.74) is 4.34. The summed E-state index contributed by atoms with van der Waals surface area (Å²) in [6.07, 6.45) is 2.10. The molecule has 2 heterocycles. The van der Waals surface area contributed by atoms with E-state index >= 15 is 0 Å². The molecule has 2 unspecified atom stereocenters. The maximum absolute atomic E-state index is 6.24. The summed E-state index contributed by atoms with van der Waals surface area (Å²) in [7, 11) is 3.00. The Hall–Kier alpha value is -3.09. The van der Waals surface area contributed by atoms with Crippen molar-refractivity contribution in [2.45, 2.75) is 18.3 Å². The van der Waals surface area contributed by atoms with E-state index < -0.39 is 0 Å². The van der Waals surface area contributed by atoms with Crippen molar-refractivity contribution in [3.05, 3.63) is 90.0 Å². The van der Waals surface area contributed by atoms with E-state index in [0.717, 1.165) is 53.5 Å². The molecule has 3 aromatic rings. The van der Waals surface area contributed by atoms with Gasteiger partial charge in [-0.2, -0.15) is 5.10 Å². The third-order valence-electron chi connectivity index (χ3n) is 5.63. The highest BCUT2D eigenvalue weighted by Gasteiger charge is 2.35. The van der Waals surface area contributed by atoms with Crippen molar-refractivity contribution in [2.24, 2.45) is 5.10 Å². The molecule has 0 amide bonds. The lowest BCUT2D eigenvalue weighted by molar-refractivity contribution is 0.173. The van der Waals surface area contributed by atoms with Crippen LogP contribution in [-0.4, -0.2) is 36.8 Å². The van der Waals surface area contributed by atoms with Gasteiger partial charge < -0.3 is 14.2 Å². The summed E-state index contributed by atoms with van der Waals surface area (Å²) in [5, 5.41) is 5.18. The Kier molecular flexibility index (Phi) is 5.97. The largest absolute Gasteiger partial charge is 0.497 e. The summed E-state index contributed by atoms with van der Waals surface area (Å²) in [6, 6.07) is 26.8. The maximum atomic E-state index is 6.24. The molecule has 2 aliphatic rings. The lowest BCUT2D eigenvalue weighted by atomic mass is 10.0. The zero-order valence-corrected chi connectivity index (χ0v) is 19.0. The molecule has 0 spiro atoms. The van der Waals surface area contributed by atoms with Crippen molar-refractivity contribution in [1.82, 2.24) is 0 Å². The van der Waals surface area contributed by atoms with Crippen LogP contribution in [0.4, 0.5) is 5.69 Å². The van der Waals surface area contributed by atoms with Gasteiger partial charge >= 0.3 is 0 Å². The van der Waals surface area contributed by atoms with Crippen LogP contribution in [0.2, 0.25) is 0 Å². The van der Waals surface area contributed by atoms with Gasteiger partial charge in [-0.25, -0.2) is 4.41 Å². The monoisotopic (exact) mass is 446 g/mol. The van der Waals surface area contributed by atoms with E-state index in [1.54, 1.807) is 14.2 Å². The molecule has 0 N–H and O–H groups in total. The fourth-order valence-electron chi connectivity index (χ4n) is 4.00. The van der Waals surface area contributed by atoms with E-state index in [4.69, 9.17) is 19.3 Å². The second-order valence-electron chi connectivity index (χ2n) is 7.60. The van der Waals surface area contributed by atoms with Gasteiger partial charge in [-0.05, 0) is 77.6 Å². The molecule has 5 rings (SSSR count). The molecule has 0 bridgehead atoms. The van der Waals surface area contributed by atoms with Gasteiger partial charge in [-0.1, -0.05) is 30.3 Å². The highest BCUT2D eigenvalue weighted by molar-refractivity contribution is 8.19. The molecule has 32 heavy (non-hydrogen) atoms. The van der Waals surface area contributed by atoms with E-state index in [1.807, 2.05) is 30.3 Å². The Balaban J connectivity index is 1.71. The van der Waals surface area contributed by atoms with Gasteiger partial charge in [0.05, 0.1) is 24.8 Å². The predicted molar refractivity (Wildman–Crippen MR) is 132 cm³/mol. The van der Waals surface area contributed by atoms with Crippen LogP contribution in [-0.2, 0) is 4.74 Å². The molecule has 1 saturated heterocycles. The number of benzene rings is 3. The molecule has 3 aromatic carbocycles. The Bertz CT molecular complexity index is 1140. The van der Waals surface area contributed by atoms with E-state index in [2.05, 4.69) is 52.9 Å². The van der Waals surface area contributed by atoms with Gasteiger partial charge in [0.15, 0.2) is 0 Å². The minimum Gasteiger partial charge on any atom is -0.497 e. The molecule has 2 aliphatic heterocycles. The van der Waals surface area contributed by atoms with E-state index in [1.165, 1.54) is 4.86 Å². The van der Waals surface area contributed by atoms with Crippen LogP contribution in [0.3, 0.4) is 0 Å². The zero-order chi connectivity index (χ0) is 21.9. The standard InChI is InChI=1S/C26H26N2O3S/c1-29-22-14-10-19(11-15-22)25-26(20-12-16-23(30-2)17-13-20)32(24-9-6-18-31-24)28(27-25)21-7-4-3-5-8-21/h3-5,7-8,10-17,24H,6,9,18H2,1-2H3. The van der Waals surface area contributed by atoms with Gasteiger partial charge in [0.2, 0.25) is 0 Å². The SMILES string of the molecule is COc1ccc(C2=NN(c3ccccc3)S(C3CCCO3)=C2c2ccc(OC)cc2)cc1. The Labute approximate surface area is 191 Å². The second kappa shape index (κ2) is 9.18. The lowest BCUT2D eigenvalue weighted by Gasteiger charge is -2.25. The van der Waals surface area contributed by atoms with Crippen molar-refractivity contribution >= 4 is 26.9 Å². The smallest absolute Gasteiger partial charge is 0.118 e.